The van der Waals surface area contributed by atoms with E-state index in [-0.39, 0.29) is 17.5 Å². The molecule has 1 N–H and O–H groups in total. The van der Waals surface area contributed by atoms with E-state index in [1.807, 2.05) is 91.8 Å². The van der Waals surface area contributed by atoms with Gasteiger partial charge in [-0.1, -0.05) is 53.7 Å². The normalized spacial score (nSPS) is 38.2. The molecule has 7 rings (SSSR count). The molecule has 228 valence electrons. The van der Waals surface area contributed by atoms with Crippen molar-refractivity contribution in [3.05, 3.63) is 94.1 Å². The van der Waals surface area contributed by atoms with Gasteiger partial charge in [-0.05, 0) is 80.4 Å². The predicted octanol–water partition coefficient (Wildman–Crippen LogP) is 6.71. The van der Waals surface area contributed by atoms with Crippen molar-refractivity contribution in [3.63, 3.8) is 0 Å². The van der Waals surface area contributed by atoms with Crippen molar-refractivity contribution in [1.29, 1.82) is 0 Å². The molecule has 6 nitrogen and oxygen atoms in total. The van der Waals surface area contributed by atoms with Gasteiger partial charge in [0.1, 0.15) is 23.0 Å². The fourth-order valence-electron chi connectivity index (χ4n) is 8.06. The number of rotatable bonds is 6. The highest BCUT2D eigenvalue weighted by molar-refractivity contribution is 6.09. The van der Waals surface area contributed by atoms with Crippen LogP contribution in [0.5, 0.6) is 0 Å². The first-order valence-electron chi connectivity index (χ1n) is 15.4. The molecule has 1 unspecified atom stereocenters. The number of aliphatic hydroxyl groups excluding tert-OH is 1. The highest BCUT2D eigenvalue weighted by Crippen LogP contribution is 2.69. The Bertz CT molecular complexity index is 1550. The zero-order valence-corrected chi connectivity index (χ0v) is 26.7. The van der Waals surface area contributed by atoms with Gasteiger partial charge in [-0.3, -0.25) is 9.59 Å². The molecule has 7 atom stereocenters. The molecule has 1 saturated carbocycles. The summed E-state index contributed by atoms with van der Waals surface area (Å²) in [5.41, 5.74) is 0.692. The van der Waals surface area contributed by atoms with Crippen LogP contribution in [0.4, 0.5) is 0 Å². The standard InChI is InChI=1S/C37H44O6/c1-20(2)10-11-25-31-24(14-16-35(9,41-31)15-12-21(3)4)29(38)28-30(39)26-18-23-19-27-34(7,8)43-36(33(23)40,17-13-22(5)6)37(26,27)42-32(25)28/h10,12-16,18,23,27-29,38H,3,11,17,19H2,1-2,4-9H3/b15-12+/t23-,27+,28+,29?,35-,36+,37-/m1/s1. The molecule has 3 fully saturated rings. The molecule has 4 aliphatic carbocycles. The predicted molar refractivity (Wildman–Crippen MR) is 166 cm³/mol. The summed E-state index contributed by atoms with van der Waals surface area (Å²) >= 11 is 0. The van der Waals surface area contributed by atoms with E-state index in [1.165, 1.54) is 0 Å². The molecule has 0 aromatic heterocycles. The number of aliphatic hydroxyl groups is 1. The van der Waals surface area contributed by atoms with Crippen molar-refractivity contribution in [3.8, 4) is 0 Å². The van der Waals surface area contributed by atoms with Crippen molar-refractivity contribution < 1.29 is 28.9 Å². The lowest BCUT2D eigenvalue weighted by atomic mass is 9.50. The van der Waals surface area contributed by atoms with Crippen LogP contribution in [0.1, 0.15) is 74.7 Å². The molecule has 3 aliphatic heterocycles. The second kappa shape index (κ2) is 9.64. The molecule has 2 saturated heterocycles. The van der Waals surface area contributed by atoms with Crippen LogP contribution in [0.2, 0.25) is 0 Å². The van der Waals surface area contributed by atoms with Crippen LogP contribution in [0, 0.1) is 17.8 Å². The monoisotopic (exact) mass is 584 g/mol. The van der Waals surface area contributed by atoms with Gasteiger partial charge in [0.15, 0.2) is 22.8 Å². The summed E-state index contributed by atoms with van der Waals surface area (Å²) in [5, 5.41) is 11.8. The minimum Gasteiger partial charge on any atom is -0.481 e. The maximum absolute atomic E-state index is 14.7. The van der Waals surface area contributed by atoms with Gasteiger partial charge in [0.05, 0.1) is 11.7 Å². The Labute approximate surface area is 255 Å². The van der Waals surface area contributed by atoms with Crippen LogP contribution in [0.15, 0.2) is 94.1 Å². The first kappa shape index (κ1) is 29.8. The minimum absolute atomic E-state index is 0.0288. The third kappa shape index (κ3) is 4.12. The third-order valence-electron chi connectivity index (χ3n) is 10.1. The van der Waals surface area contributed by atoms with E-state index in [0.717, 1.165) is 22.3 Å². The molecule has 0 aromatic carbocycles. The van der Waals surface area contributed by atoms with Crippen LogP contribution in [-0.2, 0) is 23.8 Å². The summed E-state index contributed by atoms with van der Waals surface area (Å²) in [5.74, 6) is -0.884. The van der Waals surface area contributed by atoms with Gasteiger partial charge in [-0.15, -0.1) is 0 Å². The number of ether oxygens (including phenoxy) is 3. The van der Waals surface area contributed by atoms with Crippen molar-refractivity contribution in [1.82, 2.24) is 0 Å². The molecular formula is C37H44O6. The average molecular weight is 585 g/mol. The fourth-order valence-corrected chi connectivity index (χ4v) is 8.06. The Hall–Kier alpha value is -3.22. The lowest BCUT2D eigenvalue weighted by Gasteiger charge is -2.58. The highest BCUT2D eigenvalue weighted by Gasteiger charge is 2.82. The van der Waals surface area contributed by atoms with E-state index >= 15 is 0 Å². The largest absolute Gasteiger partial charge is 0.481 e. The Balaban J connectivity index is 1.59. The number of hydrogen-bond donors (Lipinski definition) is 1. The van der Waals surface area contributed by atoms with Crippen molar-refractivity contribution in [2.24, 2.45) is 17.8 Å². The molecule has 7 aliphatic rings. The van der Waals surface area contributed by atoms with Gasteiger partial charge in [-0.25, -0.2) is 0 Å². The van der Waals surface area contributed by atoms with Gasteiger partial charge < -0.3 is 19.3 Å². The molecular weight excluding hydrogens is 540 g/mol. The molecule has 0 aromatic rings. The summed E-state index contributed by atoms with van der Waals surface area (Å²) in [6.07, 6.45) is 13.7. The number of fused-ring (bicyclic) bond motifs is 1. The van der Waals surface area contributed by atoms with E-state index in [2.05, 4.69) is 12.7 Å². The molecule has 0 amide bonds. The second-order valence-electron chi connectivity index (χ2n) is 14.4. The van der Waals surface area contributed by atoms with Gasteiger partial charge in [0, 0.05) is 35.0 Å². The first-order chi connectivity index (χ1) is 20.1. The quantitative estimate of drug-likeness (QED) is 0.276. The second-order valence-corrected chi connectivity index (χ2v) is 14.4. The molecule has 4 bridgehead atoms. The van der Waals surface area contributed by atoms with E-state index in [9.17, 15) is 14.7 Å². The molecule has 43 heavy (non-hydrogen) atoms. The maximum atomic E-state index is 14.7. The molecule has 0 radical (unpaired) electrons. The van der Waals surface area contributed by atoms with Crippen LogP contribution >= 0.6 is 0 Å². The van der Waals surface area contributed by atoms with Gasteiger partial charge >= 0.3 is 0 Å². The Morgan fingerprint density at radius 2 is 1.77 bits per heavy atom. The molecule has 6 heteroatoms. The fraction of sp³-hybridized carbons (Fsp3) is 0.514. The highest BCUT2D eigenvalue weighted by atomic mass is 16.6. The first-order valence-corrected chi connectivity index (χ1v) is 15.4. The van der Waals surface area contributed by atoms with E-state index in [1.54, 1.807) is 0 Å². The lowest BCUT2D eigenvalue weighted by Crippen LogP contribution is -2.72. The van der Waals surface area contributed by atoms with Gasteiger partial charge in [0.25, 0.3) is 0 Å². The Morgan fingerprint density at radius 3 is 2.42 bits per heavy atom. The molecule has 3 heterocycles. The van der Waals surface area contributed by atoms with E-state index in [0.29, 0.717) is 41.9 Å². The van der Waals surface area contributed by atoms with Crippen LogP contribution < -0.4 is 0 Å². The zero-order valence-electron chi connectivity index (χ0n) is 26.7. The number of carbonyl (C=O) groups is 2. The average Bonchev–Trinajstić information content (AvgIpc) is 3.07. The lowest BCUT2D eigenvalue weighted by molar-refractivity contribution is -0.188. The number of hydrogen-bond acceptors (Lipinski definition) is 6. The minimum atomic E-state index is -1.34. The van der Waals surface area contributed by atoms with Crippen molar-refractivity contribution >= 4 is 11.6 Å². The van der Waals surface area contributed by atoms with Crippen LogP contribution in [0.25, 0.3) is 0 Å². The van der Waals surface area contributed by atoms with Crippen LogP contribution in [0.3, 0.4) is 0 Å². The summed E-state index contributed by atoms with van der Waals surface area (Å²) in [4.78, 5) is 29.0. The van der Waals surface area contributed by atoms with Gasteiger partial charge in [0.2, 0.25) is 0 Å². The number of ketones is 2. The maximum Gasteiger partial charge on any atom is 0.178 e. The van der Waals surface area contributed by atoms with Crippen molar-refractivity contribution in [2.75, 3.05) is 0 Å². The summed E-state index contributed by atoms with van der Waals surface area (Å²) in [6.45, 7) is 19.9. The Kier molecular flexibility index (Phi) is 6.69. The third-order valence-corrected chi connectivity index (χ3v) is 10.1. The number of carbonyl (C=O) groups excluding carboxylic acids is 2. The van der Waals surface area contributed by atoms with E-state index < -0.39 is 40.3 Å². The smallest absolute Gasteiger partial charge is 0.178 e. The SMILES string of the molecule is C=C(C)/C=C/[C@]1(C)C=CC2=C(O1)C(CC=C(C)C)=C1O[C@]34C(=C[C@@H]5C[C@H]3C(C)(C)O[C@@]4(CC=C(C)C)C5=O)C(=O)[C@@H]1C2O. The summed E-state index contributed by atoms with van der Waals surface area (Å²) in [7, 11) is 0. The van der Waals surface area contributed by atoms with E-state index in [4.69, 9.17) is 14.2 Å². The van der Waals surface area contributed by atoms with Crippen LogP contribution in [-0.4, -0.2) is 45.2 Å². The number of allylic oxidation sites excluding steroid dienone is 7. The number of Topliss-reactive ketones (excluding diaryl/α,β-unsaturated/α-hetero) is 2. The topological polar surface area (TPSA) is 82.1 Å². The van der Waals surface area contributed by atoms with Crippen molar-refractivity contribution in [2.45, 2.75) is 103 Å². The summed E-state index contributed by atoms with van der Waals surface area (Å²) in [6, 6.07) is 0. The Morgan fingerprint density at radius 1 is 1.07 bits per heavy atom. The van der Waals surface area contributed by atoms with Gasteiger partial charge in [-0.2, -0.15) is 0 Å². The zero-order chi connectivity index (χ0) is 31.3. The molecule has 1 spiro atoms. The summed E-state index contributed by atoms with van der Waals surface area (Å²) < 4.78 is 20.8.